The average molecular weight is 188 g/mol. The fourth-order valence-electron chi connectivity index (χ4n) is 1.59. The minimum absolute atomic E-state index is 0.101. The summed E-state index contributed by atoms with van der Waals surface area (Å²) in [7, 11) is 0. The van der Waals surface area contributed by atoms with Crippen LogP contribution in [0, 0.1) is 0 Å². The van der Waals surface area contributed by atoms with E-state index in [1.54, 1.807) is 0 Å². The molecular formula is C8H16N2OS. The molecule has 0 amide bonds. The lowest BCUT2D eigenvalue weighted by Gasteiger charge is -2.37. The number of nitrogens with two attached hydrogens (primary N) is 1. The summed E-state index contributed by atoms with van der Waals surface area (Å²) < 4.78 is 5.28. The third kappa shape index (κ3) is 2.32. The number of rotatable bonds is 2. The van der Waals surface area contributed by atoms with Crippen molar-refractivity contribution in [3.05, 3.63) is 0 Å². The zero-order valence-electron chi connectivity index (χ0n) is 7.43. The van der Waals surface area contributed by atoms with Gasteiger partial charge < -0.3 is 15.8 Å². The van der Waals surface area contributed by atoms with Gasteiger partial charge in [-0.05, 0) is 31.5 Å². The largest absolute Gasteiger partial charge is 0.381 e. The number of ether oxygens (including phenoxy) is 1. The standard InChI is InChI=1S/C8H16N2OS/c1-2-8(10-7(9)12)3-5-11-6-4-8/h2-6H2,1H3,(H3,9,10,12). The molecule has 0 aromatic heterocycles. The predicted octanol–water partition coefficient (Wildman–Crippen LogP) is 0.779. The third-order valence-electron chi connectivity index (χ3n) is 2.52. The van der Waals surface area contributed by atoms with Crippen LogP contribution in [0.5, 0.6) is 0 Å². The van der Waals surface area contributed by atoms with Crippen molar-refractivity contribution in [2.75, 3.05) is 13.2 Å². The second kappa shape index (κ2) is 4.05. The van der Waals surface area contributed by atoms with Gasteiger partial charge in [0.1, 0.15) is 0 Å². The van der Waals surface area contributed by atoms with E-state index in [2.05, 4.69) is 12.2 Å². The molecule has 1 heterocycles. The summed E-state index contributed by atoms with van der Waals surface area (Å²) in [6, 6.07) is 0. The monoisotopic (exact) mass is 188 g/mol. The highest BCUT2D eigenvalue weighted by Gasteiger charge is 2.30. The lowest BCUT2D eigenvalue weighted by molar-refractivity contribution is 0.0444. The quantitative estimate of drug-likeness (QED) is 0.629. The fourth-order valence-corrected chi connectivity index (χ4v) is 1.81. The van der Waals surface area contributed by atoms with Gasteiger partial charge in [0.25, 0.3) is 0 Å². The molecule has 0 aromatic rings. The maximum atomic E-state index is 5.46. The SMILES string of the molecule is CCC1(NC(N)=S)CCOCC1. The normalized spacial score (nSPS) is 21.8. The first-order valence-electron chi connectivity index (χ1n) is 4.34. The Labute approximate surface area is 78.7 Å². The first-order valence-corrected chi connectivity index (χ1v) is 4.75. The summed E-state index contributed by atoms with van der Waals surface area (Å²) >= 11 is 4.84. The number of nitrogens with one attached hydrogen (secondary N) is 1. The van der Waals surface area contributed by atoms with Crippen LogP contribution in [0.4, 0.5) is 0 Å². The van der Waals surface area contributed by atoms with Gasteiger partial charge in [-0.25, -0.2) is 0 Å². The molecule has 4 heteroatoms. The van der Waals surface area contributed by atoms with Crippen molar-refractivity contribution in [1.29, 1.82) is 0 Å². The molecule has 0 radical (unpaired) electrons. The van der Waals surface area contributed by atoms with E-state index in [1.165, 1.54) is 0 Å². The molecule has 0 atom stereocenters. The van der Waals surface area contributed by atoms with Crippen molar-refractivity contribution in [2.24, 2.45) is 5.73 Å². The van der Waals surface area contributed by atoms with Crippen LogP contribution in [0.15, 0.2) is 0 Å². The van der Waals surface area contributed by atoms with Crippen LogP contribution in [0.25, 0.3) is 0 Å². The number of hydrogen-bond donors (Lipinski definition) is 2. The van der Waals surface area contributed by atoms with Gasteiger partial charge in [-0.3, -0.25) is 0 Å². The lowest BCUT2D eigenvalue weighted by Crippen LogP contribution is -2.53. The summed E-state index contributed by atoms with van der Waals surface area (Å²) in [5.74, 6) is 0. The molecule has 12 heavy (non-hydrogen) atoms. The third-order valence-corrected chi connectivity index (χ3v) is 2.62. The van der Waals surface area contributed by atoms with Crippen molar-refractivity contribution < 1.29 is 4.74 Å². The lowest BCUT2D eigenvalue weighted by atomic mass is 9.87. The van der Waals surface area contributed by atoms with Gasteiger partial charge in [0.2, 0.25) is 0 Å². The topological polar surface area (TPSA) is 47.3 Å². The minimum atomic E-state index is 0.101. The van der Waals surface area contributed by atoms with E-state index in [0.717, 1.165) is 32.5 Å². The Morgan fingerprint density at radius 3 is 2.58 bits per heavy atom. The Balaban J connectivity index is 2.53. The van der Waals surface area contributed by atoms with Crippen molar-refractivity contribution in [1.82, 2.24) is 5.32 Å². The molecule has 70 valence electrons. The molecule has 1 rings (SSSR count). The summed E-state index contributed by atoms with van der Waals surface area (Å²) in [6.07, 6.45) is 3.05. The second-order valence-electron chi connectivity index (χ2n) is 3.24. The molecule has 0 unspecified atom stereocenters. The Hall–Kier alpha value is -0.350. The number of hydrogen-bond acceptors (Lipinski definition) is 2. The van der Waals surface area contributed by atoms with E-state index in [4.69, 9.17) is 22.7 Å². The summed E-state index contributed by atoms with van der Waals surface area (Å²) in [4.78, 5) is 0. The van der Waals surface area contributed by atoms with Crippen LogP contribution in [-0.4, -0.2) is 23.9 Å². The molecule has 0 aromatic carbocycles. The van der Waals surface area contributed by atoms with Gasteiger partial charge >= 0.3 is 0 Å². The second-order valence-corrected chi connectivity index (χ2v) is 3.68. The van der Waals surface area contributed by atoms with E-state index in [-0.39, 0.29) is 5.54 Å². The highest BCUT2D eigenvalue weighted by atomic mass is 32.1. The predicted molar refractivity (Wildman–Crippen MR) is 53.0 cm³/mol. The van der Waals surface area contributed by atoms with Crippen LogP contribution in [0.3, 0.4) is 0 Å². The molecule has 0 aliphatic carbocycles. The molecule has 0 saturated carbocycles. The zero-order chi connectivity index (χ0) is 9.03. The van der Waals surface area contributed by atoms with Gasteiger partial charge in [0.05, 0.1) is 0 Å². The van der Waals surface area contributed by atoms with E-state index in [9.17, 15) is 0 Å². The molecule has 1 aliphatic rings. The first kappa shape index (κ1) is 9.74. The van der Waals surface area contributed by atoms with Crippen LogP contribution >= 0.6 is 12.2 Å². The van der Waals surface area contributed by atoms with E-state index >= 15 is 0 Å². The van der Waals surface area contributed by atoms with Crippen LogP contribution in [-0.2, 0) is 4.74 Å². The maximum Gasteiger partial charge on any atom is 0.164 e. The highest BCUT2D eigenvalue weighted by Crippen LogP contribution is 2.23. The fraction of sp³-hybridized carbons (Fsp3) is 0.875. The van der Waals surface area contributed by atoms with Gasteiger partial charge in [-0.1, -0.05) is 6.92 Å². The van der Waals surface area contributed by atoms with Crippen molar-refractivity contribution >= 4 is 17.3 Å². The molecule has 3 N–H and O–H groups in total. The maximum absolute atomic E-state index is 5.46. The Kier molecular flexibility index (Phi) is 3.29. The van der Waals surface area contributed by atoms with Gasteiger partial charge in [-0.15, -0.1) is 0 Å². The van der Waals surface area contributed by atoms with E-state index in [1.807, 2.05) is 0 Å². The van der Waals surface area contributed by atoms with Crippen LogP contribution < -0.4 is 11.1 Å². The summed E-state index contributed by atoms with van der Waals surface area (Å²) in [5, 5.41) is 3.58. The van der Waals surface area contributed by atoms with Gasteiger partial charge in [0.15, 0.2) is 5.11 Å². The molecular weight excluding hydrogens is 172 g/mol. The Morgan fingerprint density at radius 2 is 2.17 bits per heavy atom. The molecule has 3 nitrogen and oxygen atoms in total. The zero-order valence-corrected chi connectivity index (χ0v) is 8.25. The molecule has 1 aliphatic heterocycles. The summed E-state index contributed by atoms with van der Waals surface area (Å²) in [5.41, 5.74) is 5.56. The van der Waals surface area contributed by atoms with Crippen LogP contribution in [0.2, 0.25) is 0 Å². The first-order chi connectivity index (χ1) is 5.68. The van der Waals surface area contributed by atoms with E-state index < -0.39 is 0 Å². The van der Waals surface area contributed by atoms with Gasteiger partial charge in [0, 0.05) is 18.8 Å². The Morgan fingerprint density at radius 1 is 1.58 bits per heavy atom. The minimum Gasteiger partial charge on any atom is -0.381 e. The van der Waals surface area contributed by atoms with Gasteiger partial charge in [-0.2, -0.15) is 0 Å². The van der Waals surface area contributed by atoms with Crippen molar-refractivity contribution in [3.8, 4) is 0 Å². The van der Waals surface area contributed by atoms with Crippen LogP contribution in [0.1, 0.15) is 26.2 Å². The molecule has 1 saturated heterocycles. The molecule has 0 bridgehead atoms. The van der Waals surface area contributed by atoms with E-state index in [0.29, 0.717) is 5.11 Å². The number of thiocarbonyl (C=S) groups is 1. The highest BCUT2D eigenvalue weighted by molar-refractivity contribution is 7.80. The Bertz CT molecular complexity index is 166. The molecule has 1 fully saturated rings. The summed E-state index contributed by atoms with van der Waals surface area (Å²) in [6.45, 7) is 3.77. The molecule has 0 spiro atoms. The van der Waals surface area contributed by atoms with Crippen molar-refractivity contribution in [3.63, 3.8) is 0 Å². The smallest absolute Gasteiger partial charge is 0.164 e. The average Bonchev–Trinajstić information content (AvgIpc) is 2.05. The van der Waals surface area contributed by atoms with Crippen molar-refractivity contribution in [2.45, 2.75) is 31.7 Å².